The van der Waals surface area contributed by atoms with Crippen molar-refractivity contribution >= 4 is 0 Å². The minimum atomic E-state index is 0.246. The first-order chi connectivity index (χ1) is 13.7. The second-order valence-corrected chi connectivity index (χ2v) is 8.88. The van der Waals surface area contributed by atoms with Crippen molar-refractivity contribution in [3.8, 4) is 0 Å². The first kappa shape index (κ1) is 25.1. The van der Waals surface area contributed by atoms with Crippen LogP contribution < -0.4 is 5.32 Å². The van der Waals surface area contributed by atoms with E-state index in [4.69, 9.17) is 4.74 Å². The molecule has 0 aromatic heterocycles. The quantitative estimate of drug-likeness (QED) is 0.222. The molecule has 0 aliphatic carbocycles. The minimum Gasteiger partial charge on any atom is -0.448 e. The number of rotatable bonds is 19. The molecule has 0 amide bonds. The van der Waals surface area contributed by atoms with Crippen LogP contribution in [0.3, 0.4) is 0 Å². The van der Waals surface area contributed by atoms with Crippen molar-refractivity contribution in [2.75, 3.05) is 0 Å². The number of hydrogen-bond donors (Lipinski definition) is 1. The van der Waals surface area contributed by atoms with Crippen molar-refractivity contribution in [1.82, 2.24) is 5.32 Å². The van der Waals surface area contributed by atoms with Crippen molar-refractivity contribution in [3.05, 3.63) is 24.4 Å². The Morgan fingerprint density at radius 2 is 1.14 bits per heavy atom. The lowest BCUT2D eigenvalue weighted by Gasteiger charge is -2.32. The molecule has 1 aliphatic rings. The summed E-state index contributed by atoms with van der Waals surface area (Å²) in [6, 6.07) is 0. The van der Waals surface area contributed by atoms with Gasteiger partial charge < -0.3 is 10.1 Å². The Balaban J connectivity index is 1.96. The van der Waals surface area contributed by atoms with Gasteiger partial charge in [-0.3, -0.25) is 0 Å². The van der Waals surface area contributed by atoms with E-state index in [0.717, 1.165) is 12.8 Å². The number of unbranched alkanes of at least 4 members (excludes halogenated alkanes) is 14. The van der Waals surface area contributed by atoms with Crippen LogP contribution in [-0.4, -0.2) is 0 Å². The lowest BCUT2D eigenvalue weighted by molar-refractivity contribution is 0.277. The Bertz CT molecular complexity index is 422. The summed E-state index contributed by atoms with van der Waals surface area (Å²) in [5.74, 6) is 0.678. The SMILES string of the molecule is C=C1NC(C(CC)(CC)CCCCCCCCCCCCCCCCC)=CO1. The second-order valence-electron chi connectivity index (χ2n) is 8.88. The van der Waals surface area contributed by atoms with Gasteiger partial charge >= 0.3 is 0 Å². The van der Waals surface area contributed by atoms with Gasteiger partial charge in [0.25, 0.3) is 0 Å². The van der Waals surface area contributed by atoms with Gasteiger partial charge in [0.1, 0.15) is 6.26 Å². The summed E-state index contributed by atoms with van der Waals surface area (Å²) in [6.45, 7) is 10.8. The van der Waals surface area contributed by atoms with Crippen LogP contribution in [0.5, 0.6) is 0 Å². The smallest absolute Gasteiger partial charge is 0.189 e. The Labute approximate surface area is 176 Å². The van der Waals surface area contributed by atoms with Crippen LogP contribution in [0.4, 0.5) is 0 Å². The zero-order chi connectivity index (χ0) is 20.5. The molecule has 0 saturated carbocycles. The normalized spacial score (nSPS) is 14.1. The first-order valence-electron chi connectivity index (χ1n) is 12.5. The van der Waals surface area contributed by atoms with Gasteiger partial charge in [0.15, 0.2) is 5.88 Å². The molecule has 164 valence electrons. The molecule has 1 heterocycles. The van der Waals surface area contributed by atoms with Crippen molar-refractivity contribution in [1.29, 1.82) is 0 Å². The molecule has 0 unspecified atom stereocenters. The lowest BCUT2D eigenvalue weighted by atomic mass is 9.75. The van der Waals surface area contributed by atoms with Gasteiger partial charge in [-0.25, -0.2) is 0 Å². The van der Waals surface area contributed by atoms with Crippen molar-refractivity contribution in [2.24, 2.45) is 5.41 Å². The summed E-state index contributed by atoms with van der Waals surface area (Å²) in [5.41, 5.74) is 1.49. The maximum atomic E-state index is 5.44. The first-order valence-corrected chi connectivity index (χ1v) is 12.5. The Kier molecular flexibility index (Phi) is 14.3. The van der Waals surface area contributed by atoms with Crippen LogP contribution in [-0.2, 0) is 4.74 Å². The van der Waals surface area contributed by atoms with Gasteiger partial charge in [-0.05, 0) is 25.8 Å². The average Bonchev–Trinajstić information content (AvgIpc) is 3.15. The molecule has 2 heteroatoms. The van der Waals surface area contributed by atoms with Crippen molar-refractivity contribution < 1.29 is 4.74 Å². The van der Waals surface area contributed by atoms with Crippen LogP contribution in [0.2, 0.25) is 0 Å². The van der Waals surface area contributed by atoms with E-state index in [9.17, 15) is 0 Å². The lowest BCUT2D eigenvalue weighted by Crippen LogP contribution is -2.28. The van der Waals surface area contributed by atoms with E-state index >= 15 is 0 Å². The van der Waals surface area contributed by atoms with E-state index < -0.39 is 0 Å². The van der Waals surface area contributed by atoms with E-state index in [-0.39, 0.29) is 5.41 Å². The van der Waals surface area contributed by atoms with Crippen molar-refractivity contribution in [3.63, 3.8) is 0 Å². The van der Waals surface area contributed by atoms with Crippen LogP contribution in [0.1, 0.15) is 136 Å². The molecular formula is C26H49NO. The van der Waals surface area contributed by atoms with Crippen LogP contribution >= 0.6 is 0 Å². The summed E-state index contributed by atoms with van der Waals surface area (Å²) < 4.78 is 5.44. The highest BCUT2D eigenvalue weighted by atomic mass is 16.5. The van der Waals surface area contributed by atoms with Gasteiger partial charge in [-0.15, -0.1) is 0 Å². The topological polar surface area (TPSA) is 21.3 Å². The Hall–Kier alpha value is -0.920. The molecule has 0 aromatic carbocycles. The van der Waals surface area contributed by atoms with Crippen LogP contribution in [0.15, 0.2) is 24.4 Å². The molecule has 1 aliphatic heterocycles. The number of allylic oxidation sites excluding steroid dienone is 1. The highest BCUT2D eigenvalue weighted by molar-refractivity contribution is 5.18. The fraction of sp³-hybridized carbons (Fsp3) is 0.846. The third-order valence-electron chi connectivity index (χ3n) is 6.78. The van der Waals surface area contributed by atoms with Crippen LogP contribution in [0.25, 0.3) is 0 Å². The van der Waals surface area contributed by atoms with Gasteiger partial charge in [0, 0.05) is 5.41 Å². The van der Waals surface area contributed by atoms with Gasteiger partial charge in [-0.1, -0.05) is 117 Å². The number of ether oxygens (including phenoxy) is 1. The largest absolute Gasteiger partial charge is 0.448 e. The molecule has 0 atom stereocenters. The summed E-state index contributed by atoms with van der Waals surface area (Å²) in [5, 5.41) is 3.34. The van der Waals surface area contributed by atoms with E-state index in [1.165, 1.54) is 108 Å². The summed E-state index contributed by atoms with van der Waals surface area (Å²) in [7, 11) is 0. The average molecular weight is 392 g/mol. The van der Waals surface area contributed by atoms with E-state index in [1.807, 2.05) is 6.26 Å². The highest BCUT2D eigenvalue weighted by Crippen LogP contribution is 2.41. The minimum absolute atomic E-state index is 0.246. The third kappa shape index (κ3) is 10.0. The molecule has 1 rings (SSSR count). The molecular weight excluding hydrogens is 342 g/mol. The van der Waals surface area contributed by atoms with Crippen LogP contribution in [0, 0.1) is 5.41 Å². The molecule has 0 aromatic rings. The number of hydrogen-bond acceptors (Lipinski definition) is 2. The molecule has 0 bridgehead atoms. The van der Waals surface area contributed by atoms with Gasteiger partial charge in [0.2, 0.25) is 0 Å². The van der Waals surface area contributed by atoms with E-state index in [0.29, 0.717) is 5.88 Å². The van der Waals surface area contributed by atoms with E-state index in [2.05, 4.69) is 32.7 Å². The highest BCUT2D eigenvalue weighted by Gasteiger charge is 2.33. The molecule has 0 radical (unpaired) electrons. The number of nitrogens with one attached hydrogen (secondary N) is 1. The summed E-state index contributed by atoms with van der Waals surface area (Å²) in [4.78, 5) is 0. The van der Waals surface area contributed by atoms with Gasteiger partial charge in [0.05, 0.1) is 5.70 Å². The van der Waals surface area contributed by atoms with Gasteiger partial charge in [-0.2, -0.15) is 0 Å². The zero-order valence-electron chi connectivity index (χ0n) is 19.4. The standard InChI is InChI=1S/C26H49NO/c1-5-8-9-10-11-12-13-14-15-16-17-18-19-20-21-22-26(6-2,7-3)25-23-28-24(4)27-25/h23,27H,4-22H2,1-3H3. The fourth-order valence-electron chi connectivity index (χ4n) is 4.55. The predicted octanol–water partition coefficient (Wildman–Crippen LogP) is 8.99. The summed E-state index contributed by atoms with van der Waals surface area (Å²) in [6.07, 6.45) is 26.9. The fourth-order valence-corrected chi connectivity index (χ4v) is 4.55. The maximum absolute atomic E-state index is 5.44. The maximum Gasteiger partial charge on any atom is 0.189 e. The van der Waals surface area contributed by atoms with Crippen molar-refractivity contribution in [2.45, 2.75) is 136 Å². The predicted molar refractivity (Wildman–Crippen MR) is 124 cm³/mol. The zero-order valence-corrected chi connectivity index (χ0v) is 19.4. The summed E-state index contributed by atoms with van der Waals surface area (Å²) >= 11 is 0. The Morgan fingerprint density at radius 1 is 0.714 bits per heavy atom. The van der Waals surface area contributed by atoms with E-state index in [1.54, 1.807) is 0 Å². The molecule has 2 nitrogen and oxygen atoms in total. The Morgan fingerprint density at radius 3 is 1.50 bits per heavy atom. The monoisotopic (exact) mass is 391 g/mol. The molecule has 1 N–H and O–H groups in total. The molecule has 0 fully saturated rings. The third-order valence-corrected chi connectivity index (χ3v) is 6.78. The molecule has 0 spiro atoms. The molecule has 0 saturated heterocycles. The molecule has 28 heavy (non-hydrogen) atoms. The second kappa shape index (κ2) is 15.9.